The third-order valence-electron chi connectivity index (χ3n) is 5.92. The number of carbonyl (C=O) groups excluding carboxylic acids is 2. The average molecular weight is 425 g/mol. The summed E-state index contributed by atoms with van der Waals surface area (Å²) in [6.45, 7) is 0. The Morgan fingerprint density at radius 3 is 2.53 bits per heavy atom. The van der Waals surface area contributed by atoms with E-state index in [2.05, 4.69) is 5.32 Å². The number of amides is 2. The molecule has 2 aromatic rings. The van der Waals surface area contributed by atoms with Crippen molar-refractivity contribution in [1.29, 1.82) is 0 Å². The zero-order valence-electron chi connectivity index (χ0n) is 16.9. The van der Waals surface area contributed by atoms with Crippen LogP contribution in [0, 0.1) is 0 Å². The van der Waals surface area contributed by atoms with Crippen LogP contribution in [0.3, 0.4) is 0 Å². The summed E-state index contributed by atoms with van der Waals surface area (Å²) in [5.74, 6) is 0.475. The number of ether oxygens (including phenoxy) is 1. The highest BCUT2D eigenvalue weighted by atomic mass is 35.5. The largest absolute Gasteiger partial charge is 0.496 e. The van der Waals surface area contributed by atoms with Crippen molar-refractivity contribution in [3.8, 4) is 5.75 Å². The molecule has 1 aliphatic heterocycles. The van der Waals surface area contributed by atoms with Gasteiger partial charge < -0.3 is 10.1 Å². The molecule has 0 aromatic heterocycles. The lowest BCUT2D eigenvalue weighted by atomic mass is 9.80. The molecule has 2 fully saturated rings. The maximum Gasteiger partial charge on any atom is 0.251 e. The highest BCUT2D eigenvalue weighted by Gasteiger charge is 2.56. The number of halogens is 1. The van der Waals surface area contributed by atoms with Crippen molar-refractivity contribution in [3.63, 3.8) is 0 Å². The van der Waals surface area contributed by atoms with E-state index in [1.165, 1.54) is 0 Å². The van der Waals surface area contributed by atoms with Crippen LogP contribution in [0.2, 0.25) is 5.02 Å². The standard InChI is InChI=1S/C24H25ClN2O3/c1-30-21-9-5-2-6-17(21)14-15-24(23(29)26-19-7-3-4-8-19)16-22(28)27(24)20-12-10-18(25)11-13-20/h2,5-6,9-15,19H,3-4,7-8,16H2,1H3,(H,26,29). The van der Waals surface area contributed by atoms with Crippen molar-refractivity contribution in [1.82, 2.24) is 5.32 Å². The van der Waals surface area contributed by atoms with Crippen LogP contribution in [0.5, 0.6) is 5.75 Å². The van der Waals surface area contributed by atoms with Gasteiger partial charge in [-0.2, -0.15) is 0 Å². The highest BCUT2D eigenvalue weighted by Crippen LogP contribution is 2.40. The van der Waals surface area contributed by atoms with Gasteiger partial charge in [0.15, 0.2) is 5.54 Å². The number of hydrogen-bond acceptors (Lipinski definition) is 3. The van der Waals surface area contributed by atoms with E-state index in [1.807, 2.05) is 36.4 Å². The molecule has 156 valence electrons. The summed E-state index contributed by atoms with van der Waals surface area (Å²) in [6.07, 6.45) is 8.01. The second-order valence-corrected chi connectivity index (χ2v) is 8.27. The monoisotopic (exact) mass is 424 g/mol. The molecule has 1 heterocycles. The summed E-state index contributed by atoms with van der Waals surface area (Å²) in [5, 5.41) is 3.76. The Morgan fingerprint density at radius 1 is 1.17 bits per heavy atom. The first-order chi connectivity index (χ1) is 14.5. The molecule has 1 N–H and O–H groups in total. The molecule has 30 heavy (non-hydrogen) atoms. The van der Waals surface area contributed by atoms with E-state index in [1.54, 1.807) is 36.3 Å². The lowest BCUT2D eigenvalue weighted by molar-refractivity contribution is -0.137. The molecule has 0 spiro atoms. The molecule has 2 amide bonds. The van der Waals surface area contributed by atoms with Gasteiger partial charge in [0, 0.05) is 22.3 Å². The van der Waals surface area contributed by atoms with Gasteiger partial charge in [-0.25, -0.2) is 0 Å². The number of rotatable bonds is 6. The van der Waals surface area contributed by atoms with Gasteiger partial charge in [-0.3, -0.25) is 14.5 Å². The Kier molecular flexibility index (Phi) is 5.82. The van der Waals surface area contributed by atoms with E-state index >= 15 is 0 Å². The number of hydrogen-bond donors (Lipinski definition) is 1. The maximum atomic E-state index is 13.5. The number of nitrogens with one attached hydrogen (secondary N) is 1. The fraction of sp³-hybridized carbons (Fsp3) is 0.333. The van der Waals surface area contributed by atoms with E-state index < -0.39 is 5.54 Å². The molecule has 4 rings (SSSR count). The Labute approximate surface area is 181 Å². The first-order valence-electron chi connectivity index (χ1n) is 10.3. The van der Waals surface area contributed by atoms with Crippen molar-refractivity contribution in [3.05, 3.63) is 65.2 Å². The van der Waals surface area contributed by atoms with Crippen LogP contribution in [0.1, 0.15) is 37.7 Å². The number of nitrogens with zero attached hydrogens (tertiary/aromatic N) is 1. The van der Waals surface area contributed by atoms with E-state index in [-0.39, 0.29) is 24.3 Å². The molecule has 2 aliphatic rings. The molecule has 6 heteroatoms. The van der Waals surface area contributed by atoms with Crippen molar-refractivity contribution in [2.75, 3.05) is 12.0 Å². The van der Waals surface area contributed by atoms with Gasteiger partial charge in [0.05, 0.1) is 13.5 Å². The maximum absolute atomic E-state index is 13.5. The molecule has 1 saturated carbocycles. The van der Waals surface area contributed by atoms with Crippen LogP contribution in [0.25, 0.3) is 6.08 Å². The second-order valence-electron chi connectivity index (χ2n) is 7.84. The molecule has 0 radical (unpaired) electrons. The molecular formula is C24H25ClN2O3. The second kappa shape index (κ2) is 8.52. The Hall–Kier alpha value is -2.79. The first-order valence-corrected chi connectivity index (χ1v) is 10.6. The molecule has 0 bridgehead atoms. The fourth-order valence-corrected chi connectivity index (χ4v) is 4.41. The van der Waals surface area contributed by atoms with Crippen LogP contribution in [0.15, 0.2) is 54.6 Å². The zero-order chi connectivity index (χ0) is 21.1. The summed E-state index contributed by atoms with van der Waals surface area (Å²) in [7, 11) is 1.61. The summed E-state index contributed by atoms with van der Waals surface area (Å²) in [4.78, 5) is 27.7. The average Bonchev–Trinajstić information content (AvgIpc) is 3.25. The van der Waals surface area contributed by atoms with Crippen LogP contribution in [0.4, 0.5) is 5.69 Å². The molecule has 5 nitrogen and oxygen atoms in total. The lowest BCUT2D eigenvalue weighted by Crippen LogP contribution is -2.70. The summed E-state index contributed by atoms with van der Waals surface area (Å²) >= 11 is 6.02. The topological polar surface area (TPSA) is 58.6 Å². The quantitative estimate of drug-likeness (QED) is 0.689. The molecule has 2 aromatic carbocycles. The van der Waals surface area contributed by atoms with E-state index in [0.29, 0.717) is 16.5 Å². The predicted octanol–water partition coefficient (Wildman–Crippen LogP) is 4.60. The van der Waals surface area contributed by atoms with Crippen molar-refractivity contribution in [2.24, 2.45) is 0 Å². The third-order valence-corrected chi connectivity index (χ3v) is 6.17. The normalized spacial score (nSPS) is 21.7. The van der Waals surface area contributed by atoms with Crippen LogP contribution < -0.4 is 15.0 Å². The Balaban J connectivity index is 1.70. The molecule has 1 atom stereocenters. The van der Waals surface area contributed by atoms with Gasteiger partial charge in [-0.1, -0.05) is 48.7 Å². The summed E-state index contributed by atoms with van der Waals surface area (Å²) in [6, 6.07) is 14.8. The number of para-hydroxylation sites is 1. The van der Waals surface area contributed by atoms with Gasteiger partial charge in [0.25, 0.3) is 5.91 Å². The number of methoxy groups -OCH3 is 1. The van der Waals surface area contributed by atoms with Crippen molar-refractivity contribution in [2.45, 2.75) is 43.7 Å². The fourth-order valence-electron chi connectivity index (χ4n) is 4.29. The minimum Gasteiger partial charge on any atom is -0.496 e. The van der Waals surface area contributed by atoms with Gasteiger partial charge in [-0.05, 0) is 49.2 Å². The van der Waals surface area contributed by atoms with E-state index in [4.69, 9.17) is 16.3 Å². The third kappa shape index (κ3) is 3.82. The number of β-lactam (4-membered cyclic amide) rings is 1. The number of benzene rings is 2. The van der Waals surface area contributed by atoms with Gasteiger partial charge in [0.2, 0.25) is 5.91 Å². The lowest BCUT2D eigenvalue weighted by Gasteiger charge is -2.49. The molecule has 1 aliphatic carbocycles. The van der Waals surface area contributed by atoms with E-state index in [9.17, 15) is 9.59 Å². The van der Waals surface area contributed by atoms with Crippen LogP contribution >= 0.6 is 11.6 Å². The Morgan fingerprint density at radius 2 is 1.87 bits per heavy atom. The smallest absolute Gasteiger partial charge is 0.251 e. The SMILES string of the molecule is COc1ccccc1C=CC1(C(=O)NC2CCCC2)CC(=O)N1c1ccc(Cl)cc1. The molecule has 1 unspecified atom stereocenters. The van der Waals surface area contributed by atoms with Crippen LogP contribution in [-0.2, 0) is 9.59 Å². The summed E-state index contributed by atoms with van der Waals surface area (Å²) < 4.78 is 5.43. The number of carbonyl (C=O) groups is 2. The Bertz CT molecular complexity index is 967. The van der Waals surface area contributed by atoms with Gasteiger partial charge >= 0.3 is 0 Å². The van der Waals surface area contributed by atoms with Gasteiger partial charge in [0.1, 0.15) is 5.75 Å². The zero-order valence-corrected chi connectivity index (χ0v) is 17.7. The first kappa shape index (κ1) is 20.5. The van der Waals surface area contributed by atoms with Crippen LogP contribution in [-0.4, -0.2) is 30.5 Å². The highest BCUT2D eigenvalue weighted by molar-refractivity contribution is 6.30. The van der Waals surface area contributed by atoms with E-state index in [0.717, 1.165) is 31.2 Å². The van der Waals surface area contributed by atoms with Crippen molar-refractivity contribution < 1.29 is 14.3 Å². The minimum atomic E-state index is -1.08. The molecule has 1 saturated heterocycles. The van der Waals surface area contributed by atoms with Crippen molar-refractivity contribution >= 4 is 35.2 Å². The minimum absolute atomic E-state index is 0.0939. The molecular weight excluding hydrogens is 400 g/mol. The predicted molar refractivity (Wildman–Crippen MR) is 119 cm³/mol. The van der Waals surface area contributed by atoms with Gasteiger partial charge in [-0.15, -0.1) is 0 Å². The number of anilines is 1. The summed E-state index contributed by atoms with van der Waals surface area (Å²) in [5.41, 5.74) is 0.430.